The van der Waals surface area contributed by atoms with Crippen LogP contribution >= 0.6 is 0 Å². The first-order valence-electron chi connectivity index (χ1n) is 4.96. The summed E-state index contributed by atoms with van der Waals surface area (Å²) in [5, 5.41) is 6.49. The Morgan fingerprint density at radius 3 is 2.80 bits per heavy atom. The van der Waals surface area contributed by atoms with Crippen LogP contribution in [0, 0.1) is 5.92 Å². The van der Waals surface area contributed by atoms with Crippen molar-refractivity contribution in [2.45, 2.75) is 26.3 Å². The summed E-state index contributed by atoms with van der Waals surface area (Å²) in [6.07, 6.45) is 3.66. The molecule has 2 unspecified atom stereocenters. The van der Waals surface area contributed by atoms with E-state index in [2.05, 4.69) is 10.2 Å². The number of hydrogen-bond donors (Lipinski definition) is 1. The molecule has 1 aliphatic rings. The Labute approximate surface area is 87.5 Å². The number of aromatic amines is 1. The molecule has 0 bridgehead atoms. The molecule has 0 saturated carbocycles. The zero-order valence-corrected chi connectivity index (χ0v) is 8.73. The highest BCUT2D eigenvalue weighted by molar-refractivity contribution is 6.03. The molecule has 2 rings (SSSR count). The third-order valence-corrected chi connectivity index (χ3v) is 2.80. The van der Waals surface area contributed by atoms with Gasteiger partial charge in [-0.15, -0.1) is 0 Å². The molecule has 0 radical (unpaired) electrons. The van der Waals surface area contributed by atoms with Crippen molar-refractivity contribution in [1.82, 2.24) is 15.1 Å². The fourth-order valence-electron chi connectivity index (χ4n) is 1.85. The van der Waals surface area contributed by atoms with Crippen LogP contribution in [-0.2, 0) is 9.59 Å². The maximum absolute atomic E-state index is 11.7. The highest BCUT2D eigenvalue weighted by Crippen LogP contribution is 2.28. The van der Waals surface area contributed by atoms with Gasteiger partial charge in [-0.2, -0.15) is 5.10 Å². The molecular formula is C10H13N3O2. The largest absolute Gasteiger partial charge is 0.285 e. The maximum Gasteiger partial charge on any atom is 0.233 e. The van der Waals surface area contributed by atoms with Gasteiger partial charge in [0.05, 0.1) is 12.2 Å². The first-order valence-corrected chi connectivity index (χ1v) is 4.96. The molecule has 2 amide bonds. The number of imide groups is 1. The van der Waals surface area contributed by atoms with Gasteiger partial charge in [0, 0.05) is 24.1 Å². The molecule has 15 heavy (non-hydrogen) atoms. The van der Waals surface area contributed by atoms with E-state index < -0.39 is 0 Å². The molecule has 1 N–H and O–H groups in total. The minimum absolute atomic E-state index is 0.0892. The highest BCUT2D eigenvalue weighted by Gasteiger charge is 2.38. The molecule has 0 aliphatic carbocycles. The number of hydrogen-bond acceptors (Lipinski definition) is 3. The molecule has 1 saturated heterocycles. The second-order valence-electron chi connectivity index (χ2n) is 3.91. The number of carbonyl (C=O) groups is 2. The Morgan fingerprint density at radius 1 is 1.60 bits per heavy atom. The van der Waals surface area contributed by atoms with Crippen molar-refractivity contribution in [3.8, 4) is 0 Å². The number of carbonyl (C=O) groups excluding carboxylic acids is 2. The molecule has 0 aromatic carbocycles. The van der Waals surface area contributed by atoms with E-state index in [9.17, 15) is 9.59 Å². The Morgan fingerprint density at radius 2 is 2.33 bits per heavy atom. The van der Waals surface area contributed by atoms with E-state index in [1.807, 2.05) is 6.92 Å². The maximum atomic E-state index is 11.7. The minimum atomic E-state index is -0.228. The molecule has 5 nitrogen and oxygen atoms in total. The lowest BCUT2D eigenvalue weighted by Crippen LogP contribution is -2.32. The summed E-state index contributed by atoms with van der Waals surface area (Å²) in [5.74, 6) is -0.373. The second kappa shape index (κ2) is 3.49. The normalized spacial score (nSPS) is 23.6. The predicted octanol–water partition coefficient (Wildman–Crippen LogP) is 0.866. The molecule has 2 atom stereocenters. The average Bonchev–Trinajstić information content (AvgIpc) is 2.76. The van der Waals surface area contributed by atoms with Gasteiger partial charge in [0.15, 0.2) is 0 Å². The van der Waals surface area contributed by atoms with Crippen LogP contribution < -0.4 is 0 Å². The van der Waals surface area contributed by atoms with Gasteiger partial charge in [-0.3, -0.25) is 19.6 Å². The van der Waals surface area contributed by atoms with Crippen molar-refractivity contribution < 1.29 is 9.59 Å². The topological polar surface area (TPSA) is 66.1 Å². The van der Waals surface area contributed by atoms with Gasteiger partial charge >= 0.3 is 0 Å². The smallest absolute Gasteiger partial charge is 0.233 e. The van der Waals surface area contributed by atoms with Crippen LogP contribution in [0.15, 0.2) is 12.4 Å². The minimum Gasteiger partial charge on any atom is -0.285 e. The lowest BCUT2D eigenvalue weighted by molar-refractivity contribution is -0.141. The van der Waals surface area contributed by atoms with E-state index in [0.717, 1.165) is 5.56 Å². The number of amides is 2. The van der Waals surface area contributed by atoms with E-state index in [1.54, 1.807) is 19.3 Å². The van der Waals surface area contributed by atoms with E-state index in [1.165, 1.54) is 4.90 Å². The summed E-state index contributed by atoms with van der Waals surface area (Å²) in [6, 6.07) is -0.228. The number of nitrogens with one attached hydrogen (secondary N) is 1. The zero-order chi connectivity index (χ0) is 11.0. The van der Waals surface area contributed by atoms with Gasteiger partial charge < -0.3 is 0 Å². The van der Waals surface area contributed by atoms with E-state index >= 15 is 0 Å². The van der Waals surface area contributed by atoms with Gasteiger partial charge in [0.25, 0.3) is 0 Å². The summed E-state index contributed by atoms with van der Waals surface area (Å²) in [5.41, 5.74) is 0.853. The lowest BCUT2D eigenvalue weighted by Gasteiger charge is -2.21. The Bertz CT molecular complexity index is 385. The van der Waals surface area contributed by atoms with Gasteiger partial charge in [-0.25, -0.2) is 0 Å². The standard InChI is InChI=1S/C10H13N3O2/c1-6-3-9(14)13(10(6)15)7(2)8-4-11-12-5-8/h4-7H,3H2,1-2H3,(H,11,12). The van der Waals surface area contributed by atoms with Crippen LogP contribution in [0.3, 0.4) is 0 Å². The number of nitrogens with zero attached hydrogens (tertiary/aromatic N) is 2. The van der Waals surface area contributed by atoms with Gasteiger partial charge in [-0.05, 0) is 6.92 Å². The Kier molecular flexibility index (Phi) is 2.30. The van der Waals surface area contributed by atoms with Crippen molar-refractivity contribution in [2.24, 2.45) is 5.92 Å². The summed E-state index contributed by atoms with van der Waals surface area (Å²) in [7, 11) is 0. The predicted molar refractivity (Wildman–Crippen MR) is 52.6 cm³/mol. The number of rotatable bonds is 2. The molecule has 1 aromatic rings. The van der Waals surface area contributed by atoms with Crippen LogP contribution in [0.4, 0.5) is 0 Å². The van der Waals surface area contributed by atoms with Crippen LogP contribution in [0.1, 0.15) is 31.9 Å². The van der Waals surface area contributed by atoms with E-state index in [4.69, 9.17) is 0 Å². The first kappa shape index (κ1) is 9.89. The average molecular weight is 207 g/mol. The monoisotopic (exact) mass is 207 g/mol. The van der Waals surface area contributed by atoms with E-state index in [0.29, 0.717) is 6.42 Å². The van der Waals surface area contributed by atoms with Crippen LogP contribution in [0.5, 0.6) is 0 Å². The zero-order valence-electron chi connectivity index (χ0n) is 8.73. The van der Waals surface area contributed by atoms with Crippen molar-refractivity contribution in [1.29, 1.82) is 0 Å². The molecule has 1 aromatic heterocycles. The first-order chi connectivity index (χ1) is 7.11. The molecule has 1 aliphatic heterocycles. The highest BCUT2D eigenvalue weighted by atomic mass is 16.2. The Balaban J connectivity index is 2.24. The molecule has 0 spiro atoms. The number of H-pyrrole nitrogens is 1. The van der Waals surface area contributed by atoms with Gasteiger partial charge in [-0.1, -0.05) is 6.92 Å². The van der Waals surface area contributed by atoms with Gasteiger partial charge in [0.1, 0.15) is 0 Å². The third-order valence-electron chi connectivity index (χ3n) is 2.80. The fourth-order valence-corrected chi connectivity index (χ4v) is 1.85. The molecule has 5 heteroatoms. The lowest BCUT2D eigenvalue weighted by atomic mass is 10.1. The number of likely N-dealkylation sites (tertiary alicyclic amines) is 1. The SMILES string of the molecule is CC1CC(=O)N(C(C)c2cn[nH]c2)C1=O. The van der Waals surface area contributed by atoms with Crippen molar-refractivity contribution in [3.05, 3.63) is 18.0 Å². The molecular weight excluding hydrogens is 194 g/mol. The molecule has 80 valence electrons. The van der Waals surface area contributed by atoms with Crippen molar-refractivity contribution >= 4 is 11.8 Å². The summed E-state index contributed by atoms with van der Waals surface area (Å²) in [4.78, 5) is 24.7. The number of aromatic nitrogens is 2. The fraction of sp³-hybridized carbons (Fsp3) is 0.500. The van der Waals surface area contributed by atoms with E-state index in [-0.39, 0.29) is 23.8 Å². The molecule has 2 heterocycles. The van der Waals surface area contributed by atoms with Crippen molar-refractivity contribution in [3.63, 3.8) is 0 Å². The van der Waals surface area contributed by atoms with Crippen LogP contribution in [0.25, 0.3) is 0 Å². The quantitative estimate of drug-likeness (QED) is 0.731. The molecule has 1 fully saturated rings. The summed E-state index contributed by atoms with van der Waals surface area (Å²) < 4.78 is 0. The Hall–Kier alpha value is -1.65. The summed E-state index contributed by atoms with van der Waals surface area (Å²) >= 11 is 0. The van der Waals surface area contributed by atoms with Gasteiger partial charge in [0.2, 0.25) is 11.8 Å². The summed E-state index contributed by atoms with van der Waals surface area (Å²) in [6.45, 7) is 3.61. The second-order valence-corrected chi connectivity index (χ2v) is 3.91. The van der Waals surface area contributed by atoms with Crippen LogP contribution in [0.2, 0.25) is 0 Å². The third kappa shape index (κ3) is 1.54. The van der Waals surface area contributed by atoms with Crippen LogP contribution in [-0.4, -0.2) is 26.9 Å². The van der Waals surface area contributed by atoms with Crippen molar-refractivity contribution in [2.75, 3.05) is 0 Å².